The zero-order valence-corrected chi connectivity index (χ0v) is 10.5. The molecule has 0 fully saturated rings. The maximum absolute atomic E-state index is 11.7. The van der Waals surface area contributed by atoms with Crippen molar-refractivity contribution in [3.05, 3.63) is 35.4 Å². The van der Waals surface area contributed by atoms with E-state index in [4.69, 9.17) is 5.73 Å². The Bertz CT molecular complexity index is 418. The number of rotatable bonds is 6. The SMILES string of the molecule is CCCNC(=O)c1cccc(CNC(=O)CN)c1. The maximum atomic E-state index is 11.7. The van der Waals surface area contributed by atoms with Gasteiger partial charge in [0.15, 0.2) is 0 Å². The molecule has 0 aliphatic heterocycles. The highest BCUT2D eigenvalue weighted by Crippen LogP contribution is 2.05. The predicted molar refractivity (Wildman–Crippen MR) is 70.0 cm³/mol. The first kappa shape index (κ1) is 14.2. The van der Waals surface area contributed by atoms with Gasteiger partial charge in [-0.1, -0.05) is 19.1 Å². The summed E-state index contributed by atoms with van der Waals surface area (Å²) < 4.78 is 0. The van der Waals surface area contributed by atoms with Crippen LogP contribution < -0.4 is 16.4 Å². The zero-order chi connectivity index (χ0) is 13.4. The highest BCUT2D eigenvalue weighted by atomic mass is 16.2. The van der Waals surface area contributed by atoms with Crippen molar-refractivity contribution in [1.29, 1.82) is 0 Å². The molecule has 5 heteroatoms. The van der Waals surface area contributed by atoms with Crippen molar-refractivity contribution in [3.8, 4) is 0 Å². The molecule has 4 N–H and O–H groups in total. The van der Waals surface area contributed by atoms with Crippen molar-refractivity contribution in [2.24, 2.45) is 5.73 Å². The quantitative estimate of drug-likeness (QED) is 0.682. The molecule has 0 atom stereocenters. The summed E-state index contributed by atoms with van der Waals surface area (Å²) >= 11 is 0. The van der Waals surface area contributed by atoms with Gasteiger partial charge in [-0.15, -0.1) is 0 Å². The highest BCUT2D eigenvalue weighted by molar-refractivity contribution is 5.94. The smallest absolute Gasteiger partial charge is 0.251 e. The lowest BCUT2D eigenvalue weighted by Crippen LogP contribution is -2.30. The molecule has 0 radical (unpaired) electrons. The van der Waals surface area contributed by atoms with Gasteiger partial charge in [0.05, 0.1) is 6.54 Å². The molecule has 0 saturated heterocycles. The molecule has 1 aromatic rings. The van der Waals surface area contributed by atoms with Gasteiger partial charge in [0, 0.05) is 18.7 Å². The Kier molecular flexibility index (Phi) is 5.87. The third-order valence-corrected chi connectivity index (χ3v) is 2.40. The Hall–Kier alpha value is -1.88. The zero-order valence-electron chi connectivity index (χ0n) is 10.5. The van der Waals surface area contributed by atoms with E-state index >= 15 is 0 Å². The first-order chi connectivity index (χ1) is 8.67. The van der Waals surface area contributed by atoms with Gasteiger partial charge in [-0.3, -0.25) is 9.59 Å². The number of hydrogen-bond donors (Lipinski definition) is 3. The first-order valence-corrected chi connectivity index (χ1v) is 6.01. The summed E-state index contributed by atoms with van der Waals surface area (Å²) in [6.45, 7) is 3.01. The Morgan fingerprint density at radius 1 is 1.28 bits per heavy atom. The molecular weight excluding hydrogens is 230 g/mol. The van der Waals surface area contributed by atoms with E-state index < -0.39 is 0 Å². The van der Waals surface area contributed by atoms with E-state index in [0.29, 0.717) is 18.7 Å². The van der Waals surface area contributed by atoms with E-state index in [1.54, 1.807) is 18.2 Å². The molecule has 0 bridgehead atoms. The van der Waals surface area contributed by atoms with Crippen LogP contribution in [0, 0.1) is 0 Å². The number of carbonyl (C=O) groups excluding carboxylic acids is 2. The fourth-order valence-electron chi connectivity index (χ4n) is 1.44. The number of hydrogen-bond acceptors (Lipinski definition) is 3. The lowest BCUT2D eigenvalue weighted by atomic mass is 10.1. The minimum absolute atomic E-state index is 0.0311. The van der Waals surface area contributed by atoms with Crippen LogP contribution in [-0.4, -0.2) is 24.9 Å². The van der Waals surface area contributed by atoms with Crippen LogP contribution in [0.3, 0.4) is 0 Å². The van der Waals surface area contributed by atoms with Crippen molar-refractivity contribution in [1.82, 2.24) is 10.6 Å². The molecule has 1 rings (SSSR count). The molecular formula is C13H19N3O2. The fraction of sp³-hybridized carbons (Fsp3) is 0.385. The van der Waals surface area contributed by atoms with Crippen LogP contribution in [0.2, 0.25) is 0 Å². The van der Waals surface area contributed by atoms with Crippen LogP contribution >= 0.6 is 0 Å². The van der Waals surface area contributed by atoms with Crippen molar-refractivity contribution < 1.29 is 9.59 Å². The first-order valence-electron chi connectivity index (χ1n) is 6.01. The molecule has 0 aromatic heterocycles. The van der Waals surface area contributed by atoms with E-state index in [1.807, 2.05) is 13.0 Å². The van der Waals surface area contributed by atoms with Crippen LogP contribution in [0.4, 0.5) is 0 Å². The topological polar surface area (TPSA) is 84.2 Å². The van der Waals surface area contributed by atoms with Gasteiger partial charge in [0.25, 0.3) is 5.91 Å². The lowest BCUT2D eigenvalue weighted by Gasteiger charge is -2.07. The van der Waals surface area contributed by atoms with Crippen LogP contribution in [0.5, 0.6) is 0 Å². The molecule has 5 nitrogen and oxygen atoms in total. The summed E-state index contributed by atoms with van der Waals surface area (Å²) in [6, 6.07) is 7.17. The lowest BCUT2D eigenvalue weighted by molar-refractivity contribution is -0.119. The Labute approximate surface area is 107 Å². The molecule has 1 aromatic carbocycles. The summed E-state index contributed by atoms with van der Waals surface area (Å²) in [5.74, 6) is -0.306. The van der Waals surface area contributed by atoms with Gasteiger partial charge in [-0.2, -0.15) is 0 Å². The second-order valence-electron chi connectivity index (χ2n) is 3.94. The summed E-state index contributed by atoms with van der Waals surface area (Å²) in [4.78, 5) is 22.8. The summed E-state index contributed by atoms with van der Waals surface area (Å²) in [7, 11) is 0. The van der Waals surface area contributed by atoms with Gasteiger partial charge >= 0.3 is 0 Å². The molecule has 18 heavy (non-hydrogen) atoms. The monoisotopic (exact) mass is 249 g/mol. The highest BCUT2D eigenvalue weighted by Gasteiger charge is 2.05. The molecule has 0 heterocycles. The number of benzene rings is 1. The predicted octanol–water partition coefficient (Wildman–Crippen LogP) is 0.401. The molecule has 2 amide bonds. The van der Waals surface area contributed by atoms with Crippen molar-refractivity contribution in [2.45, 2.75) is 19.9 Å². The van der Waals surface area contributed by atoms with Gasteiger partial charge in [0.2, 0.25) is 5.91 Å². The van der Waals surface area contributed by atoms with Gasteiger partial charge in [-0.05, 0) is 24.1 Å². The minimum atomic E-state index is -0.212. The third-order valence-electron chi connectivity index (χ3n) is 2.40. The van der Waals surface area contributed by atoms with Gasteiger partial charge in [0.1, 0.15) is 0 Å². The van der Waals surface area contributed by atoms with E-state index in [9.17, 15) is 9.59 Å². The standard InChI is InChI=1S/C13H19N3O2/c1-2-6-15-13(18)11-5-3-4-10(7-11)9-16-12(17)8-14/h3-5,7H,2,6,8-9,14H2,1H3,(H,15,18)(H,16,17). The maximum Gasteiger partial charge on any atom is 0.251 e. The third kappa shape index (κ3) is 4.55. The van der Waals surface area contributed by atoms with Crippen LogP contribution in [0.25, 0.3) is 0 Å². The number of amides is 2. The Morgan fingerprint density at radius 2 is 2.06 bits per heavy atom. The van der Waals surface area contributed by atoms with Gasteiger partial charge in [-0.25, -0.2) is 0 Å². The second-order valence-corrected chi connectivity index (χ2v) is 3.94. The average Bonchev–Trinajstić information content (AvgIpc) is 2.42. The van der Waals surface area contributed by atoms with Crippen LogP contribution in [0.1, 0.15) is 29.3 Å². The normalized spacial score (nSPS) is 9.89. The molecule has 0 aliphatic rings. The summed E-state index contributed by atoms with van der Waals surface area (Å²) in [6.07, 6.45) is 0.901. The number of carbonyl (C=O) groups is 2. The molecule has 0 unspecified atom stereocenters. The number of nitrogens with two attached hydrogens (primary N) is 1. The van der Waals surface area contributed by atoms with Crippen molar-refractivity contribution >= 4 is 11.8 Å². The summed E-state index contributed by atoms with van der Waals surface area (Å²) in [5.41, 5.74) is 6.67. The largest absolute Gasteiger partial charge is 0.352 e. The van der Waals surface area contributed by atoms with Crippen LogP contribution in [0.15, 0.2) is 24.3 Å². The van der Waals surface area contributed by atoms with Gasteiger partial charge < -0.3 is 16.4 Å². The average molecular weight is 249 g/mol. The van der Waals surface area contributed by atoms with E-state index in [1.165, 1.54) is 0 Å². The molecule has 0 spiro atoms. The van der Waals surface area contributed by atoms with Crippen molar-refractivity contribution in [2.75, 3.05) is 13.1 Å². The minimum Gasteiger partial charge on any atom is -0.352 e. The van der Waals surface area contributed by atoms with Crippen LogP contribution in [-0.2, 0) is 11.3 Å². The summed E-state index contributed by atoms with van der Waals surface area (Å²) in [5, 5.41) is 5.47. The number of nitrogens with one attached hydrogen (secondary N) is 2. The fourth-order valence-corrected chi connectivity index (χ4v) is 1.44. The van der Waals surface area contributed by atoms with E-state index in [0.717, 1.165) is 12.0 Å². The Balaban J connectivity index is 2.61. The molecule has 0 aliphatic carbocycles. The molecule has 0 saturated carbocycles. The van der Waals surface area contributed by atoms with E-state index in [-0.39, 0.29) is 18.4 Å². The second kappa shape index (κ2) is 7.45. The Morgan fingerprint density at radius 3 is 2.72 bits per heavy atom. The molecule has 98 valence electrons. The van der Waals surface area contributed by atoms with E-state index in [2.05, 4.69) is 10.6 Å². The van der Waals surface area contributed by atoms with Crippen molar-refractivity contribution in [3.63, 3.8) is 0 Å².